The van der Waals surface area contributed by atoms with E-state index >= 15 is 0 Å². The van der Waals surface area contributed by atoms with E-state index in [4.69, 9.17) is 22.1 Å². The van der Waals surface area contributed by atoms with Gasteiger partial charge in [-0.15, -0.1) is 0 Å². The van der Waals surface area contributed by atoms with E-state index in [9.17, 15) is 14.4 Å². The number of carbonyl (C=O) groups excluding carboxylic acids is 2. The number of carboxylic acid groups (broad SMARTS) is 1. The van der Waals surface area contributed by atoms with Crippen molar-refractivity contribution in [2.24, 2.45) is 0 Å². The normalized spacial score (nSPS) is 14.9. The van der Waals surface area contributed by atoms with Crippen LogP contribution in [0.3, 0.4) is 0 Å². The van der Waals surface area contributed by atoms with Gasteiger partial charge < -0.3 is 9.84 Å². The van der Waals surface area contributed by atoms with Gasteiger partial charge in [0.2, 0.25) is 0 Å². The monoisotopic (exact) mass is 429 g/mol. The van der Waals surface area contributed by atoms with Gasteiger partial charge in [0.05, 0.1) is 17.9 Å². The van der Waals surface area contributed by atoms with E-state index in [1.165, 1.54) is 24.5 Å². The van der Waals surface area contributed by atoms with Crippen molar-refractivity contribution in [3.05, 3.63) is 64.8 Å². The lowest BCUT2D eigenvalue weighted by atomic mass is 10.2. The van der Waals surface area contributed by atoms with Crippen LogP contribution in [-0.2, 0) is 9.59 Å². The van der Waals surface area contributed by atoms with E-state index in [2.05, 4.69) is 10.4 Å². The highest BCUT2D eigenvalue weighted by molar-refractivity contribution is 8.26. The van der Waals surface area contributed by atoms with Crippen molar-refractivity contribution in [2.45, 2.75) is 6.42 Å². The molecule has 1 aromatic heterocycles. The molecule has 2 N–H and O–H groups in total. The van der Waals surface area contributed by atoms with E-state index in [0.717, 1.165) is 16.8 Å². The van der Waals surface area contributed by atoms with E-state index in [-0.39, 0.29) is 17.3 Å². The predicted molar refractivity (Wildman–Crippen MR) is 111 cm³/mol. The second kappa shape index (κ2) is 9.30. The van der Waals surface area contributed by atoms with Gasteiger partial charge in [-0.25, -0.2) is 0 Å². The van der Waals surface area contributed by atoms with Gasteiger partial charge in [0.1, 0.15) is 5.75 Å². The molecule has 0 unspecified atom stereocenters. The number of pyridine rings is 1. The van der Waals surface area contributed by atoms with Crippen LogP contribution in [0.1, 0.15) is 22.3 Å². The van der Waals surface area contributed by atoms with Gasteiger partial charge in [0.25, 0.3) is 11.8 Å². The van der Waals surface area contributed by atoms with Gasteiger partial charge >= 0.3 is 5.97 Å². The number of amides is 2. The molecule has 148 valence electrons. The Bertz CT molecular complexity index is 994. The number of para-hydroxylation sites is 1. The molecule has 0 saturated carbocycles. The molecule has 1 saturated heterocycles. The minimum absolute atomic E-state index is 0.00311. The van der Waals surface area contributed by atoms with Gasteiger partial charge in [0, 0.05) is 23.5 Å². The Morgan fingerprint density at radius 3 is 2.69 bits per heavy atom. The van der Waals surface area contributed by atoms with Crippen LogP contribution < -0.4 is 10.2 Å². The van der Waals surface area contributed by atoms with Crippen molar-refractivity contribution in [3.63, 3.8) is 0 Å². The summed E-state index contributed by atoms with van der Waals surface area (Å²) in [5, 5.41) is 9.76. The van der Waals surface area contributed by atoms with Gasteiger partial charge in [-0.2, -0.15) is 5.01 Å². The zero-order valence-electron chi connectivity index (χ0n) is 14.9. The van der Waals surface area contributed by atoms with Crippen LogP contribution in [0.4, 0.5) is 0 Å². The quantitative estimate of drug-likeness (QED) is 0.510. The maximum atomic E-state index is 12.7. The van der Waals surface area contributed by atoms with Gasteiger partial charge in [-0.3, -0.25) is 24.8 Å². The van der Waals surface area contributed by atoms with E-state index in [0.29, 0.717) is 21.8 Å². The highest BCUT2D eigenvalue weighted by Gasteiger charge is 2.34. The fraction of sp³-hybridized carbons (Fsp3) is 0.105. The molecule has 0 spiro atoms. The summed E-state index contributed by atoms with van der Waals surface area (Å²) in [4.78, 5) is 39.8. The molecule has 0 bridgehead atoms. The second-order valence-corrected chi connectivity index (χ2v) is 7.40. The number of thiocarbonyl (C=S) groups is 1. The minimum atomic E-state index is -0.965. The fourth-order valence-electron chi connectivity index (χ4n) is 2.35. The number of benzene rings is 1. The molecule has 10 heteroatoms. The summed E-state index contributed by atoms with van der Waals surface area (Å²) in [5.74, 6) is -1.47. The highest BCUT2D eigenvalue weighted by Crippen LogP contribution is 2.33. The molecule has 1 aliphatic heterocycles. The molecule has 2 aromatic rings. The zero-order chi connectivity index (χ0) is 20.8. The first-order valence-electron chi connectivity index (χ1n) is 8.38. The maximum Gasteiger partial charge on any atom is 0.306 e. The summed E-state index contributed by atoms with van der Waals surface area (Å²) in [5.41, 5.74) is 3.43. The molecule has 0 aliphatic carbocycles. The van der Waals surface area contributed by atoms with Crippen molar-refractivity contribution < 1.29 is 24.2 Å². The first kappa shape index (κ1) is 20.5. The SMILES string of the molecule is O=C(O)CCOc1ccccc1/C=C1/SC(=S)N(NC(=O)c2ccncc2)C1=O. The van der Waals surface area contributed by atoms with E-state index in [1.54, 1.807) is 30.3 Å². The molecule has 0 atom stereocenters. The number of thioether (sulfide) groups is 1. The largest absolute Gasteiger partial charge is 0.492 e. The van der Waals surface area contributed by atoms with Crippen LogP contribution in [0.5, 0.6) is 5.75 Å². The first-order valence-corrected chi connectivity index (χ1v) is 9.61. The molecular formula is C19H15N3O5S2. The van der Waals surface area contributed by atoms with E-state index < -0.39 is 17.8 Å². The Balaban J connectivity index is 1.75. The Morgan fingerprint density at radius 2 is 1.97 bits per heavy atom. The first-order chi connectivity index (χ1) is 14.0. The molecule has 1 fully saturated rings. The molecular weight excluding hydrogens is 414 g/mol. The van der Waals surface area contributed by atoms with Gasteiger partial charge in [-0.05, 0) is 36.5 Å². The molecule has 0 radical (unpaired) electrons. The molecule has 2 amide bonds. The van der Waals surface area contributed by atoms with Crippen LogP contribution in [0.2, 0.25) is 0 Å². The summed E-state index contributed by atoms with van der Waals surface area (Å²) >= 11 is 6.26. The summed E-state index contributed by atoms with van der Waals surface area (Å²) in [6.07, 6.45) is 4.40. The third-order valence-electron chi connectivity index (χ3n) is 3.73. The number of hydrazine groups is 1. The Morgan fingerprint density at radius 1 is 1.24 bits per heavy atom. The standard InChI is InChI=1S/C19H15N3O5S2/c23-16(24)7-10-27-14-4-2-1-3-13(14)11-15-18(26)22(19(28)29-15)21-17(25)12-5-8-20-9-6-12/h1-6,8-9,11H,7,10H2,(H,21,25)(H,23,24)/b15-11+. The van der Waals surface area contributed by atoms with Crippen LogP contribution in [0.15, 0.2) is 53.7 Å². The zero-order valence-corrected chi connectivity index (χ0v) is 16.5. The Labute approximate surface area is 175 Å². The summed E-state index contributed by atoms with van der Waals surface area (Å²) in [6.45, 7) is 0.00311. The number of aromatic nitrogens is 1. The number of hydrogen-bond donors (Lipinski definition) is 2. The third-order valence-corrected chi connectivity index (χ3v) is 5.03. The van der Waals surface area contributed by atoms with Crippen LogP contribution in [0.25, 0.3) is 6.08 Å². The van der Waals surface area contributed by atoms with Crippen LogP contribution >= 0.6 is 24.0 Å². The summed E-state index contributed by atoms with van der Waals surface area (Å²) in [6, 6.07) is 9.97. The van der Waals surface area contributed by atoms with Gasteiger partial charge in [-0.1, -0.05) is 30.0 Å². The molecule has 1 aliphatic rings. The smallest absolute Gasteiger partial charge is 0.306 e. The second-order valence-electron chi connectivity index (χ2n) is 5.72. The third kappa shape index (κ3) is 5.18. The van der Waals surface area contributed by atoms with Crippen LogP contribution in [0, 0.1) is 0 Å². The lowest BCUT2D eigenvalue weighted by Crippen LogP contribution is -2.44. The fourth-order valence-corrected chi connectivity index (χ4v) is 3.52. The molecule has 3 rings (SSSR count). The maximum absolute atomic E-state index is 12.7. The number of rotatable bonds is 7. The number of ether oxygens (including phenoxy) is 1. The lowest BCUT2D eigenvalue weighted by molar-refractivity contribution is -0.137. The number of hydrogen-bond acceptors (Lipinski definition) is 7. The van der Waals surface area contributed by atoms with Crippen LogP contribution in [-0.4, -0.2) is 43.8 Å². The number of nitrogens with one attached hydrogen (secondary N) is 1. The van der Waals surface area contributed by atoms with Crippen molar-refractivity contribution in [1.29, 1.82) is 0 Å². The van der Waals surface area contributed by atoms with Crippen molar-refractivity contribution >= 4 is 52.2 Å². The average Bonchev–Trinajstić information content (AvgIpc) is 2.97. The van der Waals surface area contributed by atoms with Crippen molar-refractivity contribution in [1.82, 2.24) is 15.4 Å². The molecule has 8 nitrogen and oxygen atoms in total. The molecule has 1 aromatic carbocycles. The van der Waals surface area contributed by atoms with E-state index in [1.807, 2.05) is 0 Å². The Hall–Kier alpha value is -3.24. The highest BCUT2D eigenvalue weighted by atomic mass is 32.2. The van der Waals surface area contributed by atoms with Crippen molar-refractivity contribution in [2.75, 3.05) is 6.61 Å². The molecule has 29 heavy (non-hydrogen) atoms. The number of nitrogens with zero attached hydrogens (tertiary/aromatic N) is 2. The predicted octanol–water partition coefficient (Wildman–Crippen LogP) is 2.48. The Kier molecular flexibility index (Phi) is 6.57. The van der Waals surface area contributed by atoms with Gasteiger partial charge in [0.15, 0.2) is 4.32 Å². The topological polar surface area (TPSA) is 109 Å². The summed E-state index contributed by atoms with van der Waals surface area (Å²) in [7, 11) is 0. The minimum Gasteiger partial charge on any atom is -0.492 e. The van der Waals surface area contributed by atoms with Crippen molar-refractivity contribution in [3.8, 4) is 5.75 Å². The molecule has 2 heterocycles. The number of aliphatic carboxylic acids is 1. The summed E-state index contributed by atoms with van der Waals surface area (Å²) < 4.78 is 5.69. The number of carbonyl (C=O) groups is 3. The lowest BCUT2D eigenvalue weighted by Gasteiger charge is -2.15. The average molecular weight is 429 g/mol. The number of carboxylic acids is 1.